The number of aryl methyl sites for hydroxylation is 1. The van der Waals surface area contributed by atoms with E-state index in [-0.39, 0.29) is 37.4 Å². The molecule has 0 aromatic heterocycles. The quantitative estimate of drug-likeness (QED) is 0.371. The fourth-order valence-electron chi connectivity index (χ4n) is 4.51. The smallest absolute Gasteiger partial charge is 0.311 e. The van der Waals surface area contributed by atoms with E-state index >= 15 is 0 Å². The lowest BCUT2D eigenvalue weighted by Gasteiger charge is -2.18. The number of esters is 1. The van der Waals surface area contributed by atoms with Crippen molar-refractivity contribution in [2.75, 3.05) is 18.1 Å². The van der Waals surface area contributed by atoms with Crippen molar-refractivity contribution in [3.63, 3.8) is 0 Å². The molecule has 3 aromatic carbocycles. The Bertz CT molecular complexity index is 1290. The van der Waals surface area contributed by atoms with E-state index in [0.717, 1.165) is 22.4 Å². The lowest BCUT2D eigenvalue weighted by molar-refractivity contribution is -0.152. The topological polar surface area (TPSA) is 84.9 Å². The Morgan fingerprint density at radius 1 is 1.00 bits per heavy atom. The highest BCUT2D eigenvalue weighted by molar-refractivity contribution is 5.99. The number of rotatable bonds is 9. The summed E-state index contributed by atoms with van der Waals surface area (Å²) in [6.45, 7) is 7.96. The van der Waals surface area contributed by atoms with Crippen molar-refractivity contribution in [1.82, 2.24) is 5.32 Å². The molecule has 7 nitrogen and oxygen atoms in total. The van der Waals surface area contributed by atoms with E-state index in [2.05, 4.69) is 31.3 Å². The predicted molar refractivity (Wildman–Crippen MR) is 146 cm³/mol. The van der Waals surface area contributed by atoms with Crippen LogP contribution < -0.4 is 15.0 Å². The van der Waals surface area contributed by atoms with E-state index in [9.17, 15) is 14.4 Å². The van der Waals surface area contributed by atoms with Gasteiger partial charge in [-0.1, -0.05) is 56.3 Å². The molecule has 198 valence electrons. The maximum absolute atomic E-state index is 12.7. The van der Waals surface area contributed by atoms with E-state index in [1.807, 2.05) is 74.5 Å². The number of benzene rings is 3. The summed E-state index contributed by atoms with van der Waals surface area (Å²) in [7, 11) is 0. The normalized spacial score (nSPS) is 15.9. The third-order valence-corrected chi connectivity index (χ3v) is 6.65. The molecule has 2 amide bonds. The maximum Gasteiger partial charge on any atom is 0.311 e. The van der Waals surface area contributed by atoms with Crippen molar-refractivity contribution in [3.05, 3.63) is 89.5 Å². The summed E-state index contributed by atoms with van der Waals surface area (Å²) < 4.78 is 11.4. The van der Waals surface area contributed by atoms with Gasteiger partial charge in [-0.3, -0.25) is 14.4 Å². The summed E-state index contributed by atoms with van der Waals surface area (Å²) >= 11 is 0. The molecule has 7 heteroatoms. The zero-order chi connectivity index (χ0) is 27.2. The Hall–Kier alpha value is -4.13. The number of nitrogens with zero attached hydrogens (tertiary/aromatic N) is 1. The number of hydrogen-bond acceptors (Lipinski definition) is 5. The van der Waals surface area contributed by atoms with Crippen LogP contribution in [0.3, 0.4) is 0 Å². The second-order valence-electron chi connectivity index (χ2n) is 10.0. The van der Waals surface area contributed by atoms with Crippen LogP contribution in [0.5, 0.6) is 11.5 Å². The van der Waals surface area contributed by atoms with Crippen LogP contribution in [0.2, 0.25) is 0 Å². The fourth-order valence-corrected chi connectivity index (χ4v) is 4.51. The van der Waals surface area contributed by atoms with Crippen LogP contribution >= 0.6 is 0 Å². The zero-order valence-electron chi connectivity index (χ0n) is 22.3. The molecule has 0 unspecified atom stereocenters. The van der Waals surface area contributed by atoms with Gasteiger partial charge < -0.3 is 19.7 Å². The highest BCUT2D eigenvalue weighted by atomic mass is 16.5. The van der Waals surface area contributed by atoms with Gasteiger partial charge >= 0.3 is 5.97 Å². The Balaban J connectivity index is 1.31. The number of anilines is 1. The predicted octanol–water partition coefficient (Wildman–Crippen LogP) is 5.68. The van der Waals surface area contributed by atoms with Crippen LogP contribution in [-0.4, -0.2) is 30.9 Å². The lowest BCUT2D eigenvalue weighted by atomic mass is 10.0. The number of amides is 2. The van der Waals surface area contributed by atoms with Crippen LogP contribution in [0.4, 0.5) is 5.69 Å². The molecule has 1 heterocycles. The Morgan fingerprint density at radius 3 is 2.39 bits per heavy atom. The number of ether oxygens (including phenoxy) is 2. The average Bonchev–Trinajstić information content (AvgIpc) is 3.29. The summed E-state index contributed by atoms with van der Waals surface area (Å²) in [6.07, 6.45) is 0.0418. The molecule has 1 aliphatic heterocycles. The van der Waals surface area contributed by atoms with Gasteiger partial charge in [0.1, 0.15) is 11.5 Å². The minimum absolute atomic E-state index is 0.0418. The molecular weight excluding hydrogens is 480 g/mol. The first-order valence-corrected chi connectivity index (χ1v) is 12.9. The fraction of sp³-hybridized carbons (Fsp3) is 0.323. The first-order valence-electron chi connectivity index (χ1n) is 12.9. The molecule has 0 bridgehead atoms. The van der Waals surface area contributed by atoms with Crippen molar-refractivity contribution in [3.8, 4) is 11.5 Å². The zero-order valence-corrected chi connectivity index (χ0v) is 22.3. The molecule has 0 saturated carbocycles. The highest BCUT2D eigenvalue weighted by Crippen LogP contribution is 2.33. The minimum Gasteiger partial charge on any atom is -0.457 e. The molecule has 38 heavy (non-hydrogen) atoms. The SMILES string of the molecule is Cc1ccc(C(C)C)c(Oc2ccc(N3C[C@H](C(=O)OCC(=O)N[C@@H](C)c4ccccc4)CC3=O)cc2)c1. The van der Waals surface area contributed by atoms with Crippen molar-refractivity contribution in [1.29, 1.82) is 0 Å². The van der Waals surface area contributed by atoms with E-state index in [4.69, 9.17) is 9.47 Å². The number of carbonyl (C=O) groups is 3. The van der Waals surface area contributed by atoms with Gasteiger partial charge in [0.15, 0.2) is 6.61 Å². The Labute approximate surface area is 223 Å². The van der Waals surface area contributed by atoms with E-state index in [1.54, 1.807) is 4.90 Å². The summed E-state index contributed by atoms with van der Waals surface area (Å²) in [6, 6.07) is 22.8. The minimum atomic E-state index is -0.626. The molecule has 1 N–H and O–H groups in total. The molecule has 0 radical (unpaired) electrons. The van der Waals surface area contributed by atoms with Crippen LogP contribution in [0.25, 0.3) is 0 Å². The summed E-state index contributed by atoms with van der Waals surface area (Å²) in [4.78, 5) is 39.1. The molecule has 3 aromatic rings. The van der Waals surface area contributed by atoms with Gasteiger partial charge in [-0.25, -0.2) is 0 Å². The maximum atomic E-state index is 12.7. The summed E-state index contributed by atoms with van der Waals surface area (Å²) in [5, 5.41) is 2.82. The van der Waals surface area contributed by atoms with Crippen LogP contribution in [-0.2, 0) is 19.1 Å². The van der Waals surface area contributed by atoms with Gasteiger partial charge in [0, 0.05) is 18.7 Å². The van der Waals surface area contributed by atoms with Gasteiger partial charge in [-0.05, 0) is 66.8 Å². The largest absolute Gasteiger partial charge is 0.457 e. The van der Waals surface area contributed by atoms with Gasteiger partial charge in [0.25, 0.3) is 5.91 Å². The van der Waals surface area contributed by atoms with E-state index < -0.39 is 11.9 Å². The number of hydrogen-bond donors (Lipinski definition) is 1. The summed E-state index contributed by atoms with van der Waals surface area (Å²) in [5.41, 5.74) is 3.88. The molecule has 0 aliphatic carbocycles. The Morgan fingerprint density at radius 2 is 1.71 bits per heavy atom. The van der Waals surface area contributed by atoms with Crippen molar-refractivity contribution < 1.29 is 23.9 Å². The number of carbonyl (C=O) groups excluding carboxylic acids is 3. The standard InChI is InChI=1S/C31H34N2O5/c1-20(2)27-15-10-21(3)16-28(27)38-26-13-11-25(12-14-26)33-18-24(17-30(33)35)31(36)37-19-29(34)32-22(4)23-8-6-5-7-9-23/h5-16,20,22,24H,17-19H2,1-4H3,(H,32,34)/t22-,24+/m0/s1. The van der Waals surface area contributed by atoms with Crippen LogP contribution in [0, 0.1) is 12.8 Å². The van der Waals surface area contributed by atoms with E-state index in [1.165, 1.54) is 0 Å². The average molecular weight is 515 g/mol. The van der Waals surface area contributed by atoms with Gasteiger partial charge in [0.2, 0.25) is 5.91 Å². The van der Waals surface area contributed by atoms with Gasteiger partial charge in [-0.15, -0.1) is 0 Å². The second kappa shape index (κ2) is 11.9. The molecule has 1 aliphatic rings. The molecular formula is C31H34N2O5. The highest BCUT2D eigenvalue weighted by Gasteiger charge is 2.36. The Kier molecular flexibility index (Phi) is 8.46. The third kappa shape index (κ3) is 6.59. The van der Waals surface area contributed by atoms with Crippen molar-refractivity contribution in [2.45, 2.75) is 46.1 Å². The molecule has 2 atom stereocenters. The van der Waals surface area contributed by atoms with E-state index in [0.29, 0.717) is 17.4 Å². The van der Waals surface area contributed by atoms with Crippen molar-refractivity contribution >= 4 is 23.5 Å². The first-order chi connectivity index (χ1) is 18.2. The van der Waals surface area contributed by atoms with Crippen LogP contribution in [0.15, 0.2) is 72.8 Å². The monoisotopic (exact) mass is 514 g/mol. The summed E-state index contributed by atoms with van der Waals surface area (Å²) in [5.74, 6) is 0.0728. The van der Waals surface area contributed by atoms with Gasteiger partial charge in [0.05, 0.1) is 12.0 Å². The molecule has 4 rings (SSSR count). The van der Waals surface area contributed by atoms with Gasteiger partial charge in [-0.2, -0.15) is 0 Å². The number of nitrogens with one attached hydrogen (secondary N) is 1. The third-order valence-electron chi connectivity index (χ3n) is 6.65. The van der Waals surface area contributed by atoms with Crippen molar-refractivity contribution in [2.24, 2.45) is 5.92 Å². The molecule has 1 fully saturated rings. The second-order valence-corrected chi connectivity index (χ2v) is 10.0. The molecule has 0 spiro atoms. The first kappa shape index (κ1) is 26.9. The van der Waals surface area contributed by atoms with Crippen LogP contribution in [0.1, 0.15) is 55.8 Å². The molecule has 1 saturated heterocycles. The lowest BCUT2D eigenvalue weighted by Crippen LogP contribution is -2.32.